The highest BCUT2D eigenvalue weighted by atomic mass is 35.5. The average Bonchev–Trinajstić information content (AvgIpc) is 2.80. The molecule has 2 saturated heterocycles. The van der Waals surface area contributed by atoms with Crippen LogP contribution in [0, 0.1) is 5.82 Å². The summed E-state index contributed by atoms with van der Waals surface area (Å²) in [7, 11) is -1.81. The van der Waals surface area contributed by atoms with Gasteiger partial charge in [-0.15, -0.1) is 0 Å². The van der Waals surface area contributed by atoms with Crippen molar-refractivity contribution in [3.05, 3.63) is 34.6 Å². The molecule has 0 bridgehead atoms. The fourth-order valence-electron chi connectivity index (χ4n) is 3.63. The lowest BCUT2D eigenvalue weighted by Gasteiger charge is -2.43. The number of rotatable bonds is 3. The van der Waals surface area contributed by atoms with Crippen molar-refractivity contribution in [3.63, 3.8) is 0 Å². The first kappa shape index (κ1) is 17.6. The van der Waals surface area contributed by atoms with E-state index in [0.29, 0.717) is 32.4 Å². The molecule has 132 valence electrons. The fraction of sp³-hybridized carbons (Fsp3) is 0.562. The molecule has 3 rings (SSSR count). The van der Waals surface area contributed by atoms with Crippen LogP contribution in [0.15, 0.2) is 18.2 Å². The van der Waals surface area contributed by atoms with Gasteiger partial charge >= 0.3 is 0 Å². The molecular formula is C16H20ClFN2O3S. The average molecular weight is 375 g/mol. The normalized spacial score (nSPS) is 21.6. The van der Waals surface area contributed by atoms with Gasteiger partial charge < -0.3 is 4.90 Å². The standard InChI is InChI=1S/C16H20ClFN2O3S/c1-19-15(21)4-5-16(19)6-8-20(9-7-16)24(22,23)11-12-2-3-13(17)10-14(12)18/h2-3,10H,4-9,11H2,1H3. The molecule has 2 aliphatic heterocycles. The first-order valence-corrected chi connectivity index (χ1v) is 9.91. The molecular weight excluding hydrogens is 355 g/mol. The van der Waals surface area contributed by atoms with Crippen molar-refractivity contribution in [2.75, 3.05) is 20.1 Å². The molecule has 24 heavy (non-hydrogen) atoms. The summed E-state index contributed by atoms with van der Waals surface area (Å²) >= 11 is 5.70. The van der Waals surface area contributed by atoms with E-state index in [9.17, 15) is 17.6 Å². The van der Waals surface area contributed by atoms with Crippen LogP contribution in [0.25, 0.3) is 0 Å². The number of hydrogen-bond donors (Lipinski definition) is 0. The van der Waals surface area contributed by atoms with Crippen LogP contribution in [0.1, 0.15) is 31.2 Å². The van der Waals surface area contributed by atoms with E-state index in [1.807, 2.05) is 0 Å². The van der Waals surface area contributed by atoms with Crippen molar-refractivity contribution in [1.82, 2.24) is 9.21 Å². The Balaban J connectivity index is 1.70. The summed E-state index contributed by atoms with van der Waals surface area (Å²) in [6.07, 6.45) is 2.55. The van der Waals surface area contributed by atoms with Gasteiger partial charge in [0, 0.05) is 42.7 Å². The molecule has 1 aromatic carbocycles. The predicted molar refractivity (Wildman–Crippen MR) is 89.6 cm³/mol. The lowest BCUT2D eigenvalue weighted by atomic mass is 9.86. The molecule has 2 heterocycles. The summed E-state index contributed by atoms with van der Waals surface area (Å²) in [6, 6.07) is 4.01. The summed E-state index contributed by atoms with van der Waals surface area (Å²) < 4.78 is 40.5. The number of piperidine rings is 1. The molecule has 8 heteroatoms. The molecule has 1 spiro atoms. The van der Waals surface area contributed by atoms with Crippen molar-refractivity contribution >= 4 is 27.5 Å². The van der Waals surface area contributed by atoms with Crippen LogP contribution >= 0.6 is 11.6 Å². The fourth-order valence-corrected chi connectivity index (χ4v) is 5.34. The Morgan fingerprint density at radius 2 is 1.92 bits per heavy atom. The number of sulfonamides is 1. The van der Waals surface area contributed by atoms with Gasteiger partial charge in [0.1, 0.15) is 5.82 Å². The quantitative estimate of drug-likeness (QED) is 0.816. The maximum absolute atomic E-state index is 13.9. The van der Waals surface area contributed by atoms with Gasteiger partial charge in [0.25, 0.3) is 0 Å². The Kier molecular flexibility index (Phi) is 4.61. The van der Waals surface area contributed by atoms with E-state index in [4.69, 9.17) is 11.6 Å². The van der Waals surface area contributed by atoms with E-state index >= 15 is 0 Å². The summed E-state index contributed by atoms with van der Waals surface area (Å²) in [5.41, 5.74) is -0.0953. The Morgan fingerprint density at radius 1 is 1.25 bits per heavy atom. The van der Waals surface area contributed by atoms with Gasteiger partial charge in [-0.05, 0) is 31.4 Å². The second-order valence-electron chi connectivity index (χ2n) is 6.57. The van der Waals surface area contributed by atoms with Crippen LogP contribution < -0.4 is 0 Å². The molecule has 0 N–H and O–H groups in total. The van der Waals surface area contributed by atoms with E-state index in [1.165, 1.54) is 16.4 Å². The number of benzene rings is 1. The van der Waals surface area contributed by atoms with Crippen LogP contribution in [0.3, 0.4) is 0 Å². The number of amides is 1. The molecule has 0 radical (unpaired) electrons. The maximum Gasteiger partial charge on any atom is 0.222 e. The minimum atomic E-state index is -3.60. The molecule has 0 unspecified atom stereocenters. The van der Waals surface area contributed by atoms with Crippen LogP contribution in [-0.4, -0.2) is 49.2 Å². The lowest BCUT2D eigenvalue weighted by Crippen LogP contribution is -2.52. The summed E-state index contributed by atoms with van der Waals surface area (Å²) in [5, 5.41) is 0.238. The first-order valence-electron chi connectivity index (χ1n) is 7.92. The van der Waals surface area contributed by atoms with Crippen LogP contribution in [0.5, 0.6) is 0 Å². The topological polar surface area (TPSA) is 57.7 Å². The summed E-state index contributed by atoms with van der Waals surface area (Å²) in [4.78, 5) is 13.5. The minimum Gasteiger partial charge on any atom is -0.340 e. The van der Waals surface area contributed by atoms with Crippen molar-refractivity contribution in [2.45, 2.75) is 37.0 Å². The molecule has 0 aliphatic carbocycles. The van der Waals surface area contributed by atoms with E-state index in [1.54, 1.807) is 11.9 Å². The summed E-state index contributed by atoms with van der Waals surface area (Å²) in [5.74, 6) is -0.868. The highest BCUT2D eigenvalue weighted by Crippen LogP contribution is 2.38. The van der Waals surface area contributed by atoms with E-state index < -0.39 is 15.8 Å². The number of likely N-dealkylation sites (tertiary alicyclic amines) is 1. The molecule has 0 aromatic heterocycles. The number of halogens is 2. The SMILES string of the molecule is CN1C(=O)CCC12CCN(S(=O)(=O)Cc1ccc(Cl)cc1F)CC2. The monoisotopic (exact) mass is 374 g/mol. The zero-order valence-electron chi connectivity index (χ0n) is 13.5. The minimum absolute atomic E-state index is 0.118. The highest BCUT2D eigenvalue weighted by Gasteiger charge is 2.46. The molecule has 0 saturated carbocycles. The summed E-state index contributed by atoms with van der Waals surface area (Å²) in [6.45, 7) is 0.713. The van der Waals surface area contributed by atoms with Gasteiger partial charge in [-0.1, -0.05) is 17.7 Å². The molecule has 5 nitrogen and oxygen atoms in total. The number of nitrogens with zero attached hydrogens (tertiary/aromatic N) is 2. The zero-order chi connectivity index (χ0) is 17.5. The molecule has 1 amide bonds. The predicted octanol–water partition coefficient (Wildman–Crippen LogP) is 2.40. The third kappa shape index (κ3) is 3.17. The Bertz CT molecular complexity index is 761. The van der Waals surface area contributed by atoms with E-state index in [2.05, 4.69) is 0 Å². The largest absolute Gasteiger partial charge is 0.340 e. The zero-order valence-corrected chi connectivity index (χ0v) is 15.0. The highest BCUT2D eigenvalue weighted by molar-refractivity contribution is 7.88. The van der Waals surface area contributed by atoms with Gasteiger partial charge in [0.15, 0.2) is 0 Å². The molecule has 1 aromatic rings. The third-order valence-corrected chi connectivity index (χ3v) is 7.35. The third-order valence-electron chi connectivity index (χ3n) is 5.29. The van der Waals surface area contributed by atoms with Gasteiger partial charge in [0.2, 0.25) is 15.9 Å². The number of carbonyl (C=O) groups is 1. The second-order valence-corrected chi connectivity index (χ2v) is 8.97. The first-order chi connectivity index (χ1) is 11.2. The smallest absolute Gasteiger partial charge is 0.222 e. The number of hydrogen-bond acceptors (Lipinski definition) is 3. The Morgan fingerprint density at radius 3 is 2.46 bits per heavy atom. The van der Waals surface area contributed by atoms with Crippen molar-refractivity contribution < 1.29 is 17.6 Å². The molecule has 2 fully saturated rings. The van der Waals surface area contributed by atoms with Crippen LogP contribution in [-0.2, 0) is 20.6 Å². The molecule has 0 atom stereocenters. The van der Waals surface area contributed by atoms with Crippen molar-refractivity contribution in [1.29, 1.82) is 0 Å². The van der Waals surface area contributed by atoms with Crippen molar-refractivity contribution in [3.8, 4) is 0 Å². The van der Waals surface area contributed by atoms with Gasteiger partial charge in [0.05, 0.1) is 5.75 Å². The second kappa shape index (κ2) is 6.28. The van der Waals surface area contributed by atoms with Gasteiger partial charge in [-0.25, -0.2) is 17.1 Å². The van der Waals surface area contributed by atoms with Crippen LogP contribution in [0.2, 0.25) is 5.02 Å². The molecule has 2 aliphatic rings. The van der Waals surface area contributed by atoms with Gasteiger partial charge in [-0.2, -0.15) is 0 Å². The van der Waals surface area contributed by atoms with Crippen molar-refractivity contribution in [2.24, 2.45) is 0 Å². The lowest BCUT2D eigenvalue weighted by molar-refractivity contribution is -0.130. The maximum atomic E-state index is 13.9. The van der Waals surface area contributed by atoms with E-state index in [-0.39, 0.29) is 27.8 Å². The van der Waals surface area contributed by atoms with Gasteiger partial charge in [-0.3, -0.25) is 4.79 Å². The Hall–Kier alpha value is -1.18. The number of carbonyl (C=O) groups excluding carboxylic acids is 1. The van der Waals surface area contributed by atoms with Crippen LogP contribution in [0.4, 0.5) is 4.39 Å². The Labute approximate surface area is 146 Å². The van der Waals surface area contributed by atoms with E-state index in [0.717, 1.165) is 12.5 Å².